The van der Waals surface area contributed by atoms with E-state index in [2.05, 4.69) is 44.0 Å². The van der Waals surface area contributed by atoms with E-state index in [1.807, 2.05) is 17.0 Å². The molecule has 0 radical (unpaired) electrons. The lowest BCUT2D eigenvalue weighted by Gasteiger charge is -2.35. The fourth-order valence-electron chi connectivity index (χ4n) is 4.91. The average Bonchev–Trinajstić information content (AvgIpc) is 2.80. The van der Waals surface area contributed by atoms with Gasteiger partial charge in [0.15, 0.2) is 0 Å². The molecule has 5 nitrogen and oxygen atoms in total. The van der Waals surface area contributed by atoms with Gasteiger partial charge in [-0.3, -0.25) is 9.59 Å². The maximum absolute atomic E-state index is 13.6. The Bertz CT molecular complexity index is 762. The summed E-state index contributed by atoms with van der Waals surface area (Å²) in [5.74, 6) is 1.63. The average molecular weight is 442 g/mol. The molecule has 2 saturated heterocycles. The molecule has 0 saturated carbocycles. The number of amides is 2. The van der Waals surface area contributed by atoms with E-state index in [0.717, 1.165) is 100 Å². The fourth-order valence-corrected chi connectivity index (χ4v) is 4.91. The number of likely N-dealkylation sites (tertiary alicyclic amines) is 1. The van der Waals surface area contributed by atoms with Crippen molar-refractivity contribution in [1.82, 2.24) is 4.90 Å². The van der Waals surface area contributed by atoms with Crippen molar-refractivity contribution in [2.45, 2.75) is 79.1 Å². The van der Waals surface area contributed by atoms with Crippen LogP contribution in [0.2, 0.25) is 0 Å². The SMILES string of the molecule is CCCC[C@H](CC)C(=O)Nc1ccc(N2CCC(C)CC2)c(C(=O)N2CCC(C)CC2)c1. The normalized spacial score (nSPS) is 19.1. The summed E-state index contributed by atoms with van der Waals surface area (Å²) in [7, 11) is 0. The van der Waals surface area contributed by atoms with Gasteiger partial charge in [0.1, 0.15) is 0 Å². The smallest absolute Gasteiger partial charge is 0.256 e. The number of nitrogens with zero attached hydrogens (tertiary/aromatic N) is 2. The van der Waals surface area contributed by atoms with Crippen molar-refractivity contribution >= 4 is 23.2 Å². The van der Waals surface area contributed by atoms with Crippen LogP contribution in [-0.2, 0) is 4.79 Å². The molecular formula is C27H43N3O2. The summed E-state index contributed by atoms with van der Waals surface area (Å²) in [5.41, 5.74) is 2.51. The van der Waals surface area contributed by atoms with E-state index in [1.165, 1.54) is 0 Å². The molecule has 0 spiro atoms. The van der Waals surface area contributed by atoms with Crippen molar-refractivity contribution in [3.05, 3.63) is 23.8 Å². The maximum atomic E-state index is 13.6. The Morgan fingerprint density at radius 1 is 1.00 bits per heavy atom. The number of benzene rings is 1. The largest absolute Gasteiger partial charge is 0.371 e. The van der Waals surface area contributed by atoms with Gasteiger partial charge in [-0.2, -0.15) is 0 Å². The van der Waals surface area contributed by atoms with Crippen LogP contribution >= 0.6 is 0 Å². The van der Waals surface area contributed by atoms with Crippen molar-refractivity contribution in [3.63, 3.8) is 0 Å². The standard InChI is InChI=1S/C27H43N3O2/c1-5-7-8-22(6-2)26(31)28-23-9-10-25(29-15-11-20(3)12-16-29)24(19-23)27(32)30-17-13-21(4)14-18-30/h9-10,19-22H,5-8,11-18H2,1-4H3,(H,28,31)/t22-/m0/s1. The Morgan fingerprint density at radius 2 is 1.62 bits per heavy atom. The molecule has 0 unspecified atom stereocenters. The zero-order chi connectivity index (χ0) is 23.1. The predicted molar refractivity (Wildman–Crippen MR) is 133 cm³/mol. The number of carbonyl (C=O) groups excluding carboxylic acids is 2. The first-order chi connectivity index (χ1) is 15.4. The molecule has 1 aromatic carbocycles. The van der Waals surface area contributed by atoms with Gasteiger partial charge in [-0.25, -0.2) is 0 Å². The number of nitrogens with one attached hydrogen (secondary N) is 1. The van der Waals surface area contributed by atoms with Crippen molar-refractivity contribution < 1.29 is 9.59 Å². The summed E-state index contributed by atoms with van der Waals surface area (Å²) in [5, 5.41) is 3.12. The molecule has 0 aromatic heterocycles. The van der Waals surface area contributed by atoms with Gasteiger partial charge >= 0.3 is 0 Å². The summed E-state index contributed by atoms with van der Waals surface area (Å²) >= 11 is 0. The third kappa shape index (κ3) is 6.26. The van der Waals surface area contributed by atoms with Crippen LogP contribution in [0.15, 0.2) is 18.2 Å². The summed E-state index contributed by atoms with van der Waals surface area (Å²) in [6.07, 6.45) is 8.36. The molecule has 32 heavy (non-hydrogen) atoms. The molecule has 5 heteroatoms. The van der Waals surface area contributed by atoms with Gasteiger partial charge in [-0.1, -0.05) is 40.5 Å². The van der Waals surface area contributed by atoms with Crippen LogP contribution in [0.4, 0.5) is 11.4 Å². The number of unbranched alkanes of at least 4 members (excludes halogenated alkanes) is 1. The van der Waals surface area contributed by atoms with Crippen molar-refractivity contribution in [1.29, 1.82) is 0 Å². The van der Waals surface area contributed by atoms with Crippen LogP contribution in [0.5, 0.6) is 0 Å². The molecule has 1 N–H and O–H groups in total. The fraction of sp³-hybridized carbons (Fsp3) is 0.704. The highest BCUT2D eigenvalue weighted by Crippen LogP contribution is 2.31. The van der Waals surface area contributed by atoms with Gasteiger partial charge in [0.2, 0.25) is 5.91 Å². The highest BCUT2D eigenvalue weighted by Gasteiger charge is 2.27. The molecule has 178 valence electrons. The maximum Gasteiger partial charge on any atom is 0.256 e. The lowest BCUT2D eigenvalue weighted by Crippen LogP contribution is -2.40. The number of carbonyl (C=O) groups is 2. The highest BCUT2D eigenvalue weighted by molar-refractivity contribution is 6.02. The second-order valence-electron chi connectivity index (χ2n) is 10.1. The van der Waals surface area contributed by atoms with E-state index in [1.54, 1.807) is 0 Å². The molecule has 1 aromatic rings. The Labute approximate surface area is 194 Å². The Morgan fingerprint density at radius 3 is 2.22 bits per heavy atom. The van der Waals surface area contributed by atoms with Gasteiger partial charge in [0.25, 0.3) is 5.91 Å². The minimum atomic E-state index is 0.0287. The first-order valence-corrected chi connectivity index (χ1v) is 12.9. The summed E-state index contributed by atoms with van der Waals surface area (Å²) in [4.78, 5) is 30.8. The van der Waals surface area contributed by atoms with Gasteiger partial charge in [-0.15, -0.1) is 0 Å². The summed E-state index contributed by atoms with van der Waals surface area (Å²) in [6, 6.07) is 5.96. The number of rotatable bonds is 8. The third-order valence-corrected chi connectivity index (χ3v) is 7.46. The molecule has 2 amide bonds. The minimum Gasteiger partial charge on any atom is -0.371 e. The van der Waals surface area contributed by atoms with E-state index in [-0.39, 0.29) is 17.7 Å². The molecule has 2 aliphatic heterocycles. The van der Waals surface area contributed by atoms with E-state index in [4.69, 9.17) is 0 Å². The molecule has 2 fully saturated rings. The summed E-state index contributed by atoms with van der Waals surface area (Å²) < 4.78 is 0. The minimum absolute atomic E-state index is 0.0287. The van der Waals surface area contributed by atoms with E-state index < -0.39 is 0 Å². The Kier molecular flexibility index (Phi) is 9.01. The molecular weight excluding hydrogens is 398 g/mol. The predicted octanol–water partition coefficient (Wildman–Crippen LogP) is 5.95. The van der Waals surface area contributed by atoms with E-state index in [9.17, 15) is 9.59 Å². The summed E-state index contributed by atoms with van der Waals surface area (Å²) in [6.45, 7) is 12.4. The molecule has 2 aliphatic rings. The van der Waals surface area contributed by atoms with Crippen LogP contribution in [0, 0.1) is 17.8 Å². The lowest BCUT2D eigenvalue weighted by molar-refractivity contribution is -0.120. The van der Waals surface area contributed by atoms with Crippen LogP contribution in [0.25, 0.3) is 0 Å². The van der Waals surface area contributed by atoms with Gasteiger partial charge in [-0.05, 0) is 68.6 Å². The number of anilines is 2. The van der Waals surface area contributed by atoms with Gasteiger partial charge in [0, 0.05) is 43.5 Å². The van der Waals surface area contributed by atoms with Crippen LogP contribution in [0.3, 0.4) is 0 Å². The molecule has 0 bridgehead atoms. The quantitative estimate of drug-likeness (QED) is 0.542. The van der Waals surface area contributed by atoms with Gasteiger partial charge < -0.3 is 15.1 Å². The number of hydrogen-bond donors (Lipinski definition) is 1. The first kappa shape index (κ1) is 24.6. The lowest BCUT2D eigenvalue weighted by atomic mass is 9.96. The van der Waals surface area contributed by atoms with Crippen molar-refractivity contribution in [3.8, 4) is 0 Å². The molecule has 0 aliphatic carbocycles. The van der Waals surface area contributed by atoms with Gasteiger partial charge in [0.05, 0.1) is 5.56 Å². The van der Waals surface area contributed by atoms with Crippen molar-refractivity contribution in [2.75, 3.05) is 36.4 Å². The van der Waals surface area contributed by atoms with E-state index >= 15 is 0 Å². The molecule has 2 heterocycles. The highest BCUT2D eigenvalue weighted by atomic mass is 16.2. The Hall–Kier alpha value is -2.04. The van der Waals surface area contributed by atoms with Crippen LogP contribution in [0.1, 0.15) is 89.4 Å². The number of piperidine rings is 2. The van der Waals surface area contributed by atoms with Crippen molar-refractivity contribution in [2.24, 2.45) is 17.8 Å². The zero-order valence-electron chi connectivity index (χ0n) is 20.7. The molecule has 1 atom stereocenters. The Balaban J connectivity index is 1.83. The topological polar surface area (TPSA) is 52.7 Å². The first-order valence-electron chi connectivity index (χ1n) is 12.9. The zero-order valence-corrected chi connectivity index (χ0v) is 20.7. The third-order valence-electron chi connectivity index (χ3n) is 7.46. The number of hydrogen-bond acceptors (Lipinski definition) is 3. The second-order valence-corrected chi connectivity index (χ2v) is 10.1. The van der Waals surface area contributed by atoms with Crippen LogP contribution < -0.4 is 10.2 Å². The monoisotopic (exact) mass is 441 g/mol. The second kappa shape index (κ2) is 11.7. The van der Waals surface area contributed by atoms with E-state index in [0.29, 0.717) is 5.92 Å². The molecule has 3 rings (SSSR count). The van der Waals surface area contributed by atoms with Crippen LogP contribution in [-0.4, -0.2) is 42.9 Å².